The van der Waals surface area contributed by atoms with Crippen molar-refractivity contribution in [3.63, 3.8) is 0 Å². The highest BCUT2D eigenvalue weighted by Gasteiger charge is 2.07. The van der Waals surface area contributed by atoms with E-state index in [4.69, 9.17) is 14.6 Å². The van der Waals surface area contributed by atoms with Crippen LogP contribution in [0.15, 0.2) is 24.3 Å². The van der Waals surface area contributed by atoms with Crippen LogP contribution in [0, 0.1) is 0 Å². The molecule has 0 saturated heterocycles. The predicted molar refractivity (Wildman–Crippen MR) is 69.6 cm³/mol. The highest BCUT2D eigenvalue weighted by molar-refractivity contribution is 5.96. The third-order valence-electron chi connectivity index (χ3n) is 2.53. The first kappa shape index (κ1) is 15.2. The van der Waals surface area contributed by atoms with Gasteiger partial charge in [0.25, 0.3) is 0 Å². The van der Waals surface area contributed by atoms with Crippen LogP contribution < -0.4 is 4.74 Å². The molecule has 0 amide bonds. The summed E-state index contributed by atoms with van der Waals surface area (Å²) in [5.74, 6) is -0.251. The smallest absolute Gasteiger partial charge is 0.303 e. The van der Waals surface area contributed by atoms with Crippen LogP contribution >= 0.6 is 0 Å². The zero-order valence-corrected chi connectivity index (χ0v) is 10.9. The predicted octanol–water partition coefficient (Wildman–Crippen LogP) is 2.15. The van der Waals surface area contributed by atoms with Gasteiger partial charge in [0.2, 0.25) is 0 Å². The van der Waals surface area contributed by atoms with Crippen molar-refractivity contribution in [3.05, 3.63) is 29.8 Å². The SMILES string of the molecule is COCCOc1ccc(C(=O)CCCC(=O)O)cc1. The summed E-state index contributed by atoms with van der Waals surface area (Å²) in [6.45, 7) is 0.971. The van der Waals surface area contributed by atoms with Crippen molar-refractivity contribution >= 4 is 11.8 Å². The first-order chi connectivity index (χ1) is 9.13. The lowest BCUT2D eigenvalue weighted by atomic mass is 10.1. The molecular formula is C14H18O5. The second-order valence-electron chi connectivity index (χ2n) is 4.04. The molecule has 1 aromatic rings. The van der Waals surface area contributed by atoms with Crippen molar-refractivity contribution in [1.82, 2.24) is 0 Å². The maximum absolute atomic E-state index is 11.7. The highest BCUT2D eigenvalue weighted by Crippen LogP contribution is 2.14. The average Bonchev–Trinajstić information content (AvgIpc) is 2.39. The minimum atomic E-state index is -0.880. The Hall–Kier alpha value is -1.88. The summed E-state index contributed by atoms with van der Waals surface area (Å²) < 4.78 is 10.2. The summed E-state index contributed by atoms with van der Waals surface area (Å²) in [7, 11) is 1.60. The van der Waals surface area contributed by atoms with Gasteiger partial charge in [0.05, 0.1) is 6.61 Å². The van der Waals surface area contributed by atoms with Crippen LogP contribution in [-0.4, -0.2) is 37.2 Å². The molecule has 0 aliphatic carbocycles. The minimum absolute atomic E-state index is 0.0178. The normalized spacial score (nSPS) is 10.2. The van der Waals surface area contributed by atoms with Crippen molar-refractivity contribution in [2.24, 2.45) is 0 Å². The Balaban J connectivity index is 2.41. The molecule has 0 unspecified atom stereocenters. The number of aliphatic carboxylic acids is 1. The number of Topliss-reactive ketones (excluding diaryl/α,β-unsaturated/α-hetero) is 1. The largest absolute Gasteiger partial charge is 0.491 e. The Morgan fingerprint density at radius 2 is 1.79 bits per heavy atom. The molecule has 0 aromatic heterocycles. The number of hydrogen-bond acceptors (Lipinski definition) is 4. The van der Waals surface area contributed by atoms with Gasteiger partial charge < -0.3 is 14.6 Å². The summed E-state index contributed by atoms with van der Waals surface area (Å²) in [5, 5.41) is 8.50. The zero-order valence-electron chi connectivity index (χ0n) is 10.9. The Morgan fingerprint density at radius 1 is 1.11 bits per heavy atom. The van der Waals surface area contributed by atoms with Gasteiger partial charge in [-0.3, -0.25) is 9.59 Å². The van der Waals surface area contributed by atoms with Crippen molar-refractivity contribution < 1.29 is 24.2 Å². The third kappa shape index (κ3) is 6.01. The van der Waals surface area contributed by atoms with Gasteiger partial charge in [-0.15, -0.1) is 0 Å². The van der Waals surface area contributed by atoms with E-state index < -0.39 is 5.97 Å². The molecule has 0 spiro atoms. The quantitative estimate of drug-likeness (QED) is 0.547. The third-order valence-corrected chi connectivity index (χ3v) is 2.53. The summed E-state index contributed by atoms with van der Waals surface area (Å²) >= 11 is 0. The summed E-state index contributed by atoms with van der Waals surface area (Å²) in [6.07, 6.45) is 0.625. The van der Waals surface area contributed by atoms with Crippen LogP contribution in [0.1, 0.15) is 29.6 Å². The van der Waals surface area contributed by atoms with Gasteiger partial charge in [-0.1, -0.05) is 0 Å². The van der Waals surface area contributed by atoms with E-state index >= 15 is 0 Å². The van der Waals surface area contributed by atoms with Crippen LogP contribution in [0.2, 0.25) is 0 Å². The summed E-state index contributed by atoms with van der Waals surface area (Å²) in [6, 6.07) is 6.82. The fourth-order valence-electron chi connectivity index (χ4n) is 1.52. The number of rotatable bonds is 9. The van der Waals surface area contributed by atoms with Gasteiger partial charge in [0.15, 0.2) is 5.78 Å². The van der Waals surface area contributed by atoms with Gasteiger partial charge >= 0.3 is 5.97 Å². The van der Waals surface area contributed by atoms with E-state index in [2.05, 4.69) is 0 Å². The molecule has 1 aromatic carbocycles. The number of methoxy groups -OCH3 is 1. The fourth-order valence-corrected chi connectivity index (χ4v) is 1.52. The minimum Gasteiger partial charge on any atom is -0.491 e. The lowest BCUT2D eigenvalue weighted by Crippen LogP contribution is -2.05. The molecule has 5 nitrogen and oxygen atoms in total. The van der Waals surface area contributed by atoms with Gasteiger partial charge in [0.1, 0.15) is 12.4 Å². The van der Waals surface area contributed by atoms with Gasteiger partial charge in [0, 0.05) is 25.5 Å². The van der Waals surface area contributed by atoms with Crippen molar-refractivity contribution in [3.8, 4) is 5.75 Å². The van der Waals surface area contributed by atoms with Crippen LogP contribution in [0.3, 0.4) is 0 Å². The number of carboxylic acids is 1. The number of benzene rings is 1. The van der Waals surface area contributed by atoms with Gasteiger partial charge in [-0.05, 0) is 30.7 Å². The molecule has 0 saturated carbocycles. The number of ketones is 1. The molecule has 1 rings (SSSR count). The maximum Gasteiger partial charge on any atom is 0.303 e. The molecule has 0 atom stereocenters. The average molecular weight is 266 g/mol. The first-order valence-corrected chi connectivity index (χ1v) is 6.10. The number of carboxylic acid groups (broad SMARTS) is 1. The van der Waals surface area contributed by atoms with E-state index in [0.29, 0.717) is 30.9 Å². The maximum atomic E-state index is 11.7. The number of ether oxygens (including phenoxy) is 2. The molecule has 0 fully saturated rings. The van der Waals surface area contributed by atoms with E-state index in [1.807, 2.05) is 0 Å². The molecule has 0 bridgehead atoms. The monoisotopic (exact) mass is 266 g/mol. The fraction of sp³-hybridized carbons (Fsp3) is 0.429. The van der Waals surface area contributed by atoms with Crippen LogP contribution in [0.5, 0.6) is 5.75 Å². The highest BCUT2D eigenvalue weighted by atomic mass is 16.5. The van der Waals surface area contributed by atoms with Crippen molar-refractivity contribution in [1.29, 1.82) is 0 Å². The van der Waals surface area contributed by atoms with E-state index in [0.717, 1.165) is 0 Å². The van der Waals surface area contributed by atoms with E-state index in [1.54, 1.807) is 31.4 Å². The van der Waals surface area contributed by atoms with Crippen molar-refractivity contribution in [2.75, 3.05) is 20.3 Å². The molecule has 0 heterocycles. The summed E-state index contributed by atoms with van der Waals surface area (Å²) in [5.41, 5.74) is 0.574. The van der Waals surface area contributed by atoms with Gasteiger partial charge in [-0.2, -0.15) is 0 Å². The molecule has 0 aliphatic rings. The number of carbonyl (C=O) groups is 2. The standard InChI is InChI=1S/C14H18O5/c1-18-9-10-19-12-7-5-11(6-8-12)13(15)3-2-4-14(16)17/h5-8H,2-4,9-10H2,1H3,(H,16,17). The number of hydrogen-bond donors (Lipinski definition) is 1. The molecule has 0 radical (unpaired) electrons. The molecule has 1 N–H and O–H groups in total. The Labute approximate surface area is 112 Å². The Bertz CT molecular complexity index is 410. The molecule has 104 valence electrons. The van der Waals surface area contributed by atoms with E-state index in [9.17, 15) is 9.59 Å². The molecular weight excluding hydrogens is 248 g/mol. The molecule has 19 heavy (non-hydrogen) atoms. The van der Waals surface area contributed by atoms with Crippen LogP contribution in [-0.2, 0) is 9.53 Å². The molecule has 0 aliphatic heterocycles. The topological polar surface area (TPSA) is 72.8 Å². The van der Waals surface area contributed by atoms with E-state index in [-0.39, 0.29) is 18.6 Å². The lowest BCUT2D eigenvalue weighted by molar-refractivity contribution is -0.137. The van der Waals surface area contributed by atoms with Crippen LogP contribution in [0.4, 0.5) is 0 Å². The van der Waals surface area contributed by atoms with Crippen LogP contribution in [0.25, 0.3) is 0 Å². The first-order valence-electron chi connectivity index (χ1n) is 6.10. The summed E-state index contributed by atoms with van der Waals surface area (Å²) in [4.78, 5) is 22.1. The van der Waals surface area contributed by atoms with Gasteiger partial charge in [-0.25, -0.2) is 0 Å². The number of carbonyl (C=O) groups excluding carboxylic acids is 1. The molecule has 5 heteroatoms. The Kier molecular flexibility index (Phi) is 6.60. The second kappa shape index (κ2) is 8.26. The second-order valence-corrected chi connectivity index (χ2v) is 4.04. The Morgan fingerprint density at radius 3 is 2.37 bits per heavy atom. The zero-order chi connectivity index (χ0) is 14.1. The van der Waals surface area contributed by atoms with Crippen molar-refractivity contribution in [2.45, 2.75) is 19.3 Å². The lowest BCUT2D eigenvalue weighted by Gasteiger charge is -2.06. The van der Waals surface area contributed by atoms with E-state index in [1.165, 1.54) is 0 Å².